The minimum Gasteiger partial charge on any atom is -0.481 e. The van der Waals surface area contributed by atoms with E-state index >= 15 is 0 Å². The van der Waals surface area contributed by atoms with Crippen molar-refractivity contribution in [3.05, 3.63) is 82.8 Å². The Morgan fingerprint density at radius 1 is 0.963 bits per heavy atom. The fourth-order valence-electron chi connectivity index (χ4n) is 3.18. The van der Waals surface area contributed by atoms with Crippen LogP contribution in [-0.4, -0.2) is 36.0 Å². The molecule has 4 rings (SSSR count). The molecule has 1 aliphatic heterocycles. The highest BCUT2D eigenvalue weighted by Crippen LogP contribution is 2.25. The van der Waals surface area contributed by atoms with Gasteiger partial charge in [-0.2, -0.15) is 9.78 Å². The molecule has 2 aromatic carbocycles. The van der Waals surface area contributed by atoms with E-state index in [1.807, 2.05) is 60.7 Å². The number of ether oxygens (including phenoxy) is 1. The molecule has 0 atom stereocenters. The molecule has 1 fully saturated rings. The SMILES string of the molecule is O=c1c(OCc2ccccc2)c(N2CCNCC2)cnn1-c1ccccc1. The van der Waals surface area contributed by atoms with E-state index in [4.69, 9.17) is 4.74 Å². The fourth-order valence-corrected chi connectivity index (χ4v) is 3.18. The molecule has 1 aromatic heterocycles. The molecule has 0 bridgehead atoms. The Morgan fingerprint density at radius 3 is 2.33 bits per heavy atom. The Hall–Kier alpha value is -3.12. The highest BCUT2D eigenvalue weighted by Gasteiger charge is 2.20. The first-order valence-corrected chi connectivity index (χ1v) is 9.13. The van der Waals surface area contributed by atoms with Crippen LogP contribution in [0.1, 0.15) is 5.56 Å². The van der Waals surface area contributed by atoms with Gasteiger partial charge >= 0.3 is 5.56 Å². The molecule has 3 aromatic rings. The van der Waals surface area contributed by atoms with Crippen LogP contribution in [0.3, 0.4) is 0 Å². The van der Waals surface area contributed by atoms with Crippen LogP contribution in [0.25, 0.3) is 5.69 Å². The Bertz CT molecular complexity index is 935. The molecule has 27 heavy (non-hydrogen) atoms. The summed E-state index contributed by atoms with van der Waals surface area (Å²) in [5, 5.41) is 7.73. The maximum absolute atomic E-state index is 13.2. The van der Waals surface area contributed by atoms with Crippen LogP contribution in [-0.2, 0) is 6.61 Å². The van der Waals surface area contributed by atoms with Crippen molar-refractivity contribution < 1.29 is 4.74 Å². The lowest BCUT2D eigenvalue weighted by atomic mass is 10.2. The van der Waals surface area contributed by atoms with Crippen LogP contribution in [0.15, 0.2) is 71.7 Å². The number of piperazine rings is 1. The van der Waals surface area contributed by atoms with Crippen molar-refractivity contribution in [2.24, 2.45) is 0 Å². The highest BCUT2D eigenvalue weighted by molar-refractivity contribution is 5.57. The topological polar surface area (TPSA) is 59.4 Å². The molecule has 2 heterocycles. The summed E-state index contributed by atoms with van der Waals surface area (Å²) in [7, 11) is 0. The van der Waals surface area contributed by atoms with Gasteiger partial charge < -0.3 is 15.0 Å². The Labute approximate surface area is 158 Å². The highest BCUT2D eigenvalue weighted by atomic mass is 16.5. The Balaban J connectivity index is 1.72. The molecule has 1 N–H and O–H groups in total. The van der Waals surface area contributed by atoms with E-state index in [0.717, 1.165) is 43.1 Å². The Kier molecular flexibility index (Phi) is 5.16. The number of benzene rings is 2. The van der Waals surface area contributed by atoms with Crippen molar-refractivity contribution in [1.29, 1.82) is 0 Å². The van der Waals surface area contributed by atoms with Gasteiger partial charge in [-0.15, -0.1) is 0 Å². The molecule has 0 aliphatic carbocycles. The van der Waals surface area contributed by atoms with Crippen molar-refractivity contribution in [2.75, 3.05) is 31.1 Å². The lowest BCUT2D eigenvalue weighted by Gasteiger charge is -2.30. The number of para-hydroxylation sites is 1. The summed E-state index contributed by atoms with van der Waals surface area (Å²) in [5.74, 6) is 0.347. The zero-order valence-corrected chi connectivity index (χ0v) is 15.0. The van der Waals surface area contributed by atoms with E-state index in [1.54, 1.807) is 6.20 Å². The lowest BCUT2D eigenvalue weighted by molar-refractivity contribution is 0.299. The quantitative estimate of drug-likeness (QED) is 0.754. The van der Waals surface area contributed by atoms with Gasteiger partial charge in [0.25, 0.3) is 0 Å². The molecule has 1 aliphatic rings. The third kappa shape index (κ3) is 3.85. The number of rotatable bonds is 5. The van der Waals surface area contributed by atoms with Gasteiger partial charge in [-0.05, 0) is 17.7 Å². The zero-order valence-electron chi connectivity index (χ0n) is 15.0. The second kappa shape index (κ2) is 8.05. The average Bonchev–Trinajstić information content (AvgIpc) is 2.74. The molecule has 0 saturated carbocycles. The second-order valence-electron chi connectivity index (χ2n) is 6.42. The van der Waals surface area contributed by atoms with Gasteiger partial charge in [-0.25, -0.2) is 0 Å². The van der Waals surface area contributed by atoms with Crippen molar-refractivity contribution in [3.8, 4) is 11.4 Å². The van der Waals surface area contributed by atoms with Crippen LogP contribution in [0.4, 0.5) is 5.69 Å². The summed E-state index contributed by atoms with van der Waals surface area (Å²) in [6.07, 6.45) is 1.74. The van der Waals surface area contributed by atoms with Crippen LogP contribution in [0.5, 0.6) is 5.75 Å². The maximum Gasteiger partial charge on any atom is 0.316 e. The molecule has 6 nitrogen and oxygen atoms in total. The van der Waals surface area contributed by atoms with E-state index in [9.17, 15) is 4.79 Å². The third-order valence-electron chi connectivity index (χ3n) is 4.60. The number of hydrogen-bond acceptors (Lipinski definition) is 5. The van der Waals surface area contributed by atoms with Crippen molar-refractivity contribution >= 4 is 5.69 Å². The fraction of sp³-hybridized carbons (Fsp3) is 0.238. The molecule has 0 unspecified atom stereocenters. The summed E-state index contributed by atoms with van der Waals surface area (Å²) in [6.45, 7) is 3.73. The number of nitrogens with one attached hydrogen (secondary N) is 1. The normalized spacial score (nSPS) is 14.1. The first kappa shape index (κ1) is 17.3. The van der Waals surface area contributed by atoms with Gasteiger partial charge in [0, 0.05) is 26.2 Å². The number of nitrogens with zero attached hydrogens (tertiary/aromatic N) is 3. The van der Waals surface area contributed by atoms with Gasteiger partial charge in [0.2, 0.25) is 5.75 Å². The summed E-state index contributed by atoms with van der Waals surface area (Å²) in [4.78, 5) is 15.3. The molecule has 138 valence electrons. The van der Waals surface area contributed by atoms with Gasteiger partial charge in [0.1, 0.15) is 12.3 Å². The molecular formula is C21H22N4O2. The van der Waals surface area contributed by atoms with Gasteiger partial charge in [0.05, 0.1) is 11.9 Å². The molecule has 0 spiro atoms. The van der Waals surface area contributed by atoms with E-state index in [0.29, 0.717) is 12.4 Å². The van der Waals surface area contributed by atoms with Crippen LogP contribution < -0.4 is 20.5 Å². The average molecular weight is 362 g/mol. The van der Waals surface area contributed by atoms with E-state index < -0.39 is 0 Å². The smallest absolute Gasteiger partial charge is 0.316 e. The van der Waals surface area contributed by atoms with Gasteiger partial charge in [-0.3, -0.25) is 4.79 Å². The predicted molar refractivity (Wildman–Crippen MR) is 106 cm³/mol. The second-order valence-corrected chi connectivity index (χ2v) is 6.42. The summed E-state index contributed by atoms with van der Waals surface area (Å²) in [6, 6.07) is 19.3. The van der Waals surface area contributed by atoms with Crippen molar-refractivity contribution in [3.63, 3.8) is 0 Å². The van der Waals surface area contributed by atoms with E-state index in [1.165, 1.54) is 4.68 Å². The summed E-state index contributed by atoms with van der Waals surface area (Å²) in [5.41, 5.74) is 2.25. The lowest BCUT2D eigenvalue weighted by Crippen LogP contribution is -2.44. The molecule has 1 saturated heterocycles. The van der Waals surface area contributed by atoms with E-state index in [2.05, 4.69) is 15.3 Å². The molecular weight excluding hydrogens is 340 g/mol. The number of anilines is 1. The van der Waals surface area contributed by atoms with Crippen molar-refractivity contribution in [1.82, 2.24) is 15.1 Å². The van der Waals surface area contributed by atoms with Crippen LogP contribution >= 0.6 is 0 Å². The first-order chi connectivity index (χ1) is 13.3. The third-order valence-corrected chi connectivity index (χ3v) is 4.60. The predicted octanol–water partition coefficient (Wildman–Crippen LogP) is 2.22. The van der Waals surface area contributed by atoms with Crippen molar-refractivity contribution in [2.45, 2.75) is 6.61 Å². The maximum atomic E-state index is 13.2. The minimum atomic E-state index is -0.242. The zero-order chi connectivity index (χ0) is 18.5. The standard InChI is InChI=1S/C21H22N4O2/c26-21-20(27-16-17-7-3-1-4-8-17)19(24-13-11-22-12-14-24)15-23-25(21)18-9-5-2-6-10-18/h1-10,15,22H,11-14,16H2. The summed E-state index contributed by atoms with van der Waals surface area (Å²) < 4.78 is 7.43. The van der Waals surface area contributed by atoms with Gasteiger partial charge in [-0.1, -0.05) is 48.5 Å². The molecule has 6 heteroatoms. The van der Waals surface area contributed by atoms with Crippen LogP contribution in [0, 0.1) is 0 Å². The monoisotopic (exact) mass is 362 g/mol. The number of aromatic nitrogens is 2. The Morgan fingerprint density at radius 2 is 1.63 bits per heavy atom. The number of hydrogen-bond donors (Lipinski definition) is 1. The largest absolute Gasteiger partial charge is 0.481 e. The summed E-state index contributed by atoms with van der Waals surface area (Å²) >= 11 is 0. The molecule has 0 amide bonds. The molecule has 0 radical (unpaired) electrons. The minimum absolute atomic E-state index is 0.242. The van der Waals surface area contributed by atoms with Gasteiger partial charge in [0.15, 0.2) is 0 Å². The van der Waals surface area contributed by atoms with E-state index in [-0.39, 0.29) is 5.56 Å². The first-order valence-electron chi connectivity index (χ1n) is 9.13. The van der Waals surface area contributed by atoms with Crippen LogP contribution in [0.2, 0.25) is 0 Å².